The molecule has 1 unspecified atom stereocenters. The summed E-state index contributed by atoms with van der Waals surface area (Å²) in [6.45, 7) is 9.46. The zero-order valence-corrected chi connectivity index (χ0v) is 14.6. The first-order valence-electron chi connectivity index (χ1n) is 7.38. The fraction of sp³-hybridized carbons (Fsp3) is 0.929. The third-order valence-electron chi connectivity index (χ3n) is 3.96. The summed E-state index contributed by atoms with van der Waals surface area (Å²) in [7, 11) is 0. The van der Waals surface area contributed by atoms with Crippen LogP contribution >= 0.6 is 24.2 Å². The number of likely N-dealkylation sites (tertiary alicyclic amines) is 1. The van der Waals surface area contributed by atoms with Gasteiger partial charge in [-0.05, 0) is 43.9 Å². The van der Waals surface area contributed by atoms with Crippen molar-refractivity contribution in [2.24, 2.45) is 11.7 Å². The summed E-state index contributed by atoms with van der Waals surface area (Å²) in [5.74, 6) is 1.73. The van der Waals surface area contributed by atoms with Gasteiger partial charge in [-0.15, -0.1) is 12.4 Å². The quantitative estimate of drug-likeness (QED) is 0.738. The molecule has 1 aliphatic rings. The van der Waals surface area contributed by atoms with Crippen LogP contribution < -0.4 is 5.73 Å². The van der Waals surface area contributed by atoms with Gasteiger partial charge in [0.2, 0.25) is 5.91 Å². The Balaban J connectivity index is 0.00000361. The molecule has 0 aromatic heterocycles. The molecule has 4 nitrogen and oxygen atoms in total. The van der Waals surface area contributed by atoms with Gasteiger partial charge in [0.1, 0.15) is 0 Å². The Morgan fingerprint density at radius 3 is 2.65 bits per heavy atom. The van der Waals surface area contributed by atoms with E-state index in [1.165, 1.54) is 0 Å². The fourth-order valence-corrected chi connectivity index (χ4v) is 3.12. The van der Waals surface area contributed by atoms with Crippen LogP contribution in [0.1, 0.15) is 26.7 Å². The SMILES string of the molecule is CCN(CC)CC1CCN(C(=O)[C@@H](N)CCSC)C1.Cl. The van der Waals surface area contributed by atoms with Crippen LogP contribution in [0.5, 0.6) is 0 Å². The molecule has 0 radical (unpaired) electrons. The van der Waals surface area contributed by atoms with Gasteiger partial charge >= 0.3 is 0 Å². The number of amides is 1. The molecule has 0 bridgehead atoms. The van der Waals surface area contributed by atoms with Crippen LogP contribution in [0.15, 0.2) is 0 Å². The van der Waals surface area contributed by atoms with Crippen LogP contribution in [0.3, 0.4) is 0 Å². The van der Waals surface area contributed by atoms with E-state index in [-0.39, 0.29) is 24.4 Å². The van der Waals surface area contributed by atoms with Crippen LogP contribution in [0.4, 0.5) is 0 Å². The topological polar surface area (TPSA) is 49.6 Å². The number of nitrogens with two attached hydrogens (primary N) is 1. The normalized spacial score (nSPS) is 20.1. The van der Waals surface area contributed by atoms with E-state index in [0.29, 0.717) is 5.92 Å². The zero-order valence-electron chi connectivity index (χ0n) is 13.0. The molecular weight excluding hydrogens is 294 g/mol. The average Bonchev–Trinajstić information content (AvgIpc) is 2.89. The highest BCUT2D eigenvalue weighted by atomic mass is 35.5. The van der Waals surface area contributed by atoms with Gasteiger partial charge in [0.05, 0.1) is 6.04 Å². The summed E-state index contributed by atoms with van der Waals surface area (Å²) < 4.78 is 0. The van der Waals surface area contributed by atoms with Crippen LogP contribution in [-0.4, -0.2) is 66.5 Å². The summed E-state index contributed by atoms with van der Waals surface area (Å²) in [6.07, 6.45) is 3.96. The van der Waals surface area contributed by atoms with E-state index < -0.39 is 0 Å². The maximum atomic E-state index is 12.2. The molecule has 120 valence electrons. The maximum Gasteiger partial charge on any atom is 0.239 e. The van der Waals surface area contributed by atoms with Crippen LogP contribution in [0.2, 0.25) is 0 Å². The van der Waals surface area contributed by atoms with Gasteiger partial charge in [-0.3, -0.25) is 4.79 Å². The van der Waals surface area contributed by atoms with Crippen molar-refractivity contribution in [2.45, 2.75) is 32.7 Å². The van der Waals surface area contributed by atoms with E-state index in [4.69, 9.17) is 5.73 Å². The Hall–Kier alpha value is 0.0300. The number of carbonyl (C=O) groups excluding carboxylic acids is 1. The van der Waals surface area contributed by atoms with Gasteiger partial charge in [0.15, 0.2) is 0 Å². The zero-order chi connectivity index (χ0) is 14.3. The van der Waals surface area contributed by atoms with Crippen molar-refractivity contribution < 1.29 is 4.79 Å². The lowest BCUT2D eigenvalue weighted by molar-refractivity contribution is -0.131. The molecule has 0 saturated carbocycles. The molecule has 1 amide bonds. The number of hydrogen-bond acceptors (Lipinski definition) is 4. The maximum absolute atomic E-state index is 12.2. The molecule has 1 rings (SSSR count). The minimum Gasteiger partial charge on any atom is -0.341 e. The minimum atomic E-state index is -0.306. The van der Waals surface area contributed by atoms with Crippen LogP contribution in [0, 0.1) is 5.92 Å². The first-order valence-corrected chi connectivity index (χ1v) is 8.77. The molecule has 0 aromatic rings. The van der Waals surface area contributed by atoms with E-state index >= 15 is 0 Å². The highest BCUT2D eigenvalue weighted by molar-refractivity contribution is 7.98. The number of rotatable bonds is 8. The lowest BCUT2D eigenvalue weighted by Gasteiger charge is -2.24. The molecule has 2 N–H and O–H groups in total. The van der Waals surface area contributed by atoms with E-state index in [2.05, 4.69) is 18.7 Å². The van der Waals surface area contributed by atoms with Crippen molar-refractivity contribution in [3.05, 3.63) is 0 Å². The number of hydrogen-bond donors (Lipinski definition) is 1. The Morgan fingerprint density at radius 2 is 2.10 bits per heavy atom. The van der Waals surface area contributed by atoms with Crippen molar-refractivity contribution in [1.82, 2.24) is 9.80 Å². The van der Waals surface area contributed by atoms with E-state index in [9.17, 15) is 4.79 Å². The molecule has 0 aliphatic carbocycles. The van der Waals surface area contributed by atoms with E-state index in [0.717, 1.165) is 51.3 Å². The predicted octanol–water partition coefficient (Wildman–Crippen LogP) is 1.68. The molecule has 20 heavy (non-hydrogen) atoms. The van der Waals surface area contributed by atoms with Crippen molar-refractivity contribution >= 4 is 30.1 Å². The fourth-order valence-electron chi connectivity index (χ4n) is 2.63. The summed E-state index contributed by atoms with van der Waals surface area (Å²) in [6, 6.07) is -0.306. The Morgan fingerprint density at radius 1 is 1.45 bits per heavy atom. The number of carbonyl (C=O) groups is 1. The van der Waals surface area contributed by atoms with Crippen molar-refractivity contribution in [3.8, 4) is 0 Å². The molecule has 6 heteroatoms. The summed E-state index contributed by atoms with van der Waals surface area (Å²) in [5.41, 5.74) is 5.97. The second-order valence-corrected chi connectivity index (χ2v) is 6.30. The molecule has 1 fully saturated rings. The average molecular weight is 324 g/mol. The third-order valence-corrected chi connectivity index (χ3v) is 4.60. The van der Waals surface area contributed by atoms with Gasteiger partial charge in [-0.1, -0.05) is 13.8 Å². The van der Waals surface area contributed by atoms with Gasteiger partial charge < -0.3 is 15.5 Å². The second-order valence-electron chi connectivity index (χ2n) is 5.31. The molecule has 2 atom stereocenters. The molecule has 1 heterocycles. The van der Waals surface area contributed by atoms with E-state index in [1.807, 2.05) is 11.2 Å². The Bertz CT molecular complexity index is 277. The predicted molar refractivity (Wildman–Crippen MR) is 90.7 cm³/mol. The summed E-state index contributed by atoms with van der Waals surface area (Å²) in [4.78, 5) is 16.6. The first kappa shape index (κ1) is 20.0. The van der Waals surface area contributed by atoms with E-state index in [1.54, 1.807) is 11.8 Å². The molecule has 0 spiro atoms. The highest BCUT2D eigenvalue weighted by Gasteiger charge is 2.29. The largest absolute Gasteiger partial charge is 0.341 e. The lowest BCUT2D eigenvalue weighted by Crippen LogP contribution is -2.43. The number of nitrogens with zero attached hydrogens (tertiary/aromatic N) is 2. The molecule has 1 saturated heterocycles. The second kappa shape index (κ2) is 10.7. The summed E-state index contributed by atoms with van der Waals surface area (Å²) in [5, 5.41) is 0. The van der Waals surface area contributed by atoms with Gasteiger partial charge in [-0.2, -0.15) is 11.8 Å². The monoisotopic (exact) mass is 323 g/mol. The molecular formula is C14H30ClN3OS. The highest BCUT2D eigenvalue weighted by Crippen LogP contribution is 2.18. The Labute approximate surface area is 134 Å². The van der Waals surface area contributed by atoms with Gasteiger partial charge in [0, 0.05) is 19.6 Å². The van der Waals surface area contributed by atoms with Crippen molar-refractivity contribution in [1.29, 1.82) is 0 Å². The lowest BCUT2D eigenvalue weighted by atomic mass is 10.1. The number of thioether (sulfide) groups is 1. The standard InChI is InChI=1S/C14H29N3OS.ClH/c1-4-16(5-2)10-12-6-8-17(11-12)14(18)13(15)7-9-19-3;/h12-13H,4-11,15H2,1-3H3;1H/t12?,13-;/m0./s1. The van der Waals surface area contributed by atoms with Gasteiger partial charge in [-0.25, -0.2) is 0 Å². The first-order chi connectivity index (χ1) is 9.12. The molecule has 0 aromatic carbocycles. The minimum absolute atomic E-state index is 0. The van der Waals surface area contributed by atoms with Crippen LogP contribution in [0.25, 0.3) is 0 Å². The number of halogens is 1. The molecule has 1 aliphatic heterocycles. The third kappa shape index (κ3) is 6.20. The van der Waals surface area contributed by atoms with Crippen molar-refractivity contribution in [2.75, 3.05) is 44.7 Å². The van der Waals surface area contributed by atoms with Gasteiger partial charge in [0.25, 0.3) is 0 Å². The van der Waals surface area contributed by atoms with Crippen LogP contribution in [-0.2, 0) is 4.79 Å². The Kier molecular flexibility index (Phi) is 10.7. The summed E-state index contributed by atoms with van der Waals surface area (Å²) >= 11 is 1.75. The van der Waals surface area contributed by atoms with Crippen molar-refractivity contribution in [3.63, 3.8) is 0 Å². The smallest absolute Gasteiger partial charge is 0.239 e.